The smallest absolute Gasteiger partial charge is 0.310 e. The van der Waals surface area contributed by atoms with Gasteiger partial charge in [-0.25, -0.2) is 0 Å². The highest BCUT2D eigenvalue weighted by Crippen LogP contribution is 2.50. The number of halogens is 1. The molecule has 70 valence electrons. The highest BCUT2D eigenvalue weighted by molar-refractivity contribution is 7.10. The van der Waals surface area contributed by atoms with Crippen molar-refractivity contribution in [2.75, 3.05) is 0 Å². The molecule has 1 aliphatic rings. The summed E-state index contributed by atoms with van der Waals surface area (Å²) in [6.45, 7) is 0. The van der Waals surface area contributed by atoms with Gasteiger partial charge in [0.05, 0.1) is 10.4 Å². The molecule has 1 fully saturated rings. The van der Waals surface area contributed by atoms with E-state index in [0.29, 0.717) is 11.4 Å². The number of aliphatic carboxylic acids is 1. The Morgan fingerprint density at radius 2 is 2.38 bits per heavy atom. The Morgan fingerprint density at radius 3 is 2.77 bits per heavy atom. The minimum absolute atomic E-state index is 0.492. The van der Waals surface area contributed by atoms with Gasteiger partial charge in [0.2, 0.25) is 0 Å². The van der Waals surface area contributed by atoms with Crippen LogP contribution in [0.1, 0.15) is 17.7 Å². The second kappa shape index (κ2) is 3.00. The van der Waals surface area contributed by atoms with E-state index >= 15 is 0 Å². The fourth-order valence-electron chi connectivity index (χ4n) is 1.38. The molecule has 0 bridgehead atoms. The molecule has 0 radical (unpaired) electrons. The van der Waals surface area contributed by atoms with E-state index in [9.17, 15) is 4.79 Å². The van der Waals surface area contributed by atoms with Crippen molar-refractivity contribution in [1.29, 1.82) is 0 Å². The summed E-state index contributed by atoms with van der Waals surface area (Å²) in [5.41, 5.74) is -0.492. The number of carboxylic acids is 1. The molecule has 0 aromatic carbocycles. The third-order valence-corrected chi connectivity index (χ3v) is 3.88. The maximum Gasteiger partial charge on any atom is 0.310 e. The first-order valence-electron chi connectivity index (χ1n) is 4.09. The van der Waals surface area contributed by atoms with E-state index in [0.717, 1.165) is 17.7 Å². The van der Waals surface area contributed by atoms with Gasteiger partial charge in [0.15, 0.2) is 0 Å². The van der Waals surface area contributed by atoms with Crippen molar-refractivity contribution in [2.45, 2.75) is 19.3 Å². The molecule has 2 rings (SSSR count). The molecule has 0 amide bonds. The van der Waals surface area contributed by atoms with Crippen molar-refractivity contribution in [3.05, 3.63) is 21.3 Å². The first-order chi connectivity index (χ1) is 6.14. The molecule has 0 saturated heterocycles. The summed E-state index contributed by atoms with van der Waals surface area (Å²) >= 11 is 7.43. The molecule has 1 aromatic rings. The second-order valence-corrected chi connectivity index (χ2v) is 4.86. The lowest BCUT2D eigenvalue weighted by Crippen LogP contribution is -2.16. The van der Waals surface area contributed by atoms with E-state index in [1.807, 2.05) is 11.4 Å². The van der Waals surface area contributed by atoms with Crippen LogP contribution in [0.5, 0.6) is 0 Å². The monoisotopic (exact) mass is 216 g/mol. The second-order valence-electron chi connectivity index (χ2n) is 3.45. The Bertz CT molecular complexity index is 341. The van der Waals surface area contributed by atoms with Gasteiger partial charge in [-0.15, -0.1) is 11.3 Å². The zero-order chi connectivity index (χ0) is 9.47. The molecule has 1 aliphatic carbocycles. The zero-order valence-electron chi connectivity index (χ0n) is 6.92. The van der Waals surface area contributed by atoms with E-state index in [2.05, 4.69) is 0 Å². The molecule has 4 heteroatoms. The number of carbonyl (C=O) groups is 1. The van der Waals surface area contributed by atoms with Crippen LogP contribution in [-0.4, -0.2) is 11.1 Å². The Morgan fingerprint density at radius 1 is 1.69 bits per heavy atom. The largest absolute Gasteiger partial charge is 0.481 e. The van der Waals surface area contributed by atoms with Crippen LogP contribution in [0, 0.1) is 5.41 Å². The van der Waals surface area contributed by atoms with E-state index in [-0.39, 0.29) is 0 Å². The van der Waals surface area contributed by atoms with Crippen LogP contribution in [0.3, 0.4) is 0 Å². The van der Waals surface area contributed by atoms with Gasteiger partial charge in [0.25, 0.3) is 0 Å². The standard InChI is InChI=1S/C9H9ClO2S/c10-6-1-4-13-7(6)5-9(2-3-9)8(11)12/h1,4H,2-3,5H2,(H,11,12). The lowest BCUT2D eigenvalue weighted by molar-refractivity contribution is -0.143. The van der Waals surface area contributed by atoms with Crippen molar-refractivity contribution >= 4 is 28.9 Å². The van der Waals surface area contributed by atoms with E-state index in [4.69, 9.17) is 16.7 Å². The van der Waals surface area contributed by atoms with Crippen LogP contribution in [-0.2, 0) is 11.2 Å². The highest BCUT2D eigenvalue weighted by Gasteiger charge is 2.50. The summed E-state index contributed by atoms with van der Waals surface area (Å²) in [7, 11) is 0. The first kappa shape index (κ1) is 9.03. The quantitative estimate of drug-likeness (QED) is 0.844. The van der Waals surface area contributed by atoms with E-state index in [1.165, 1.54) is 11.3 Å². The molecule has 0 spiro atoms. The van der Waals surface area contributed by atoms with Crippen LogP contribution < -0.4 is 0 Å². The van der Waals surface area contributed by atoms with Gasteiger partial charge in [-0.05, 0) is 30.7 Å². The van der Waals surface area contributed by atoms with Crippen molar-refractivity contribution in [1.82, 2.24) is 0 Å². The van der Waals surface area contributed by atoms with Gasteiger partial charge in [0, 0.05) is 4.88 Å². The molecule has 0 aliphatic heterocycles. The summed E-state index contributed by atoms with van der Waals surface area (Å²) < 4.78 is 0. The zero-order valence-corrected chi connectivity index (χ0v) is 8.49. The van der Waals surface area contributed by atoms with Crippen molar-refractivity contribution in [2.24, 2.45) is 5.41 Å². The minimum Gasteiger partial charge on any atom is -0.481 e. The molecular weight excluding hydrogens is 208 g/mol. The van der Waals surface area contributed by atoms with Crippen molar-refractivity contribution < 1.29 is 9.90 Å². The number of carboxylic acid groups (broad SMARTS) is 1. The molecule has 1 aromatic heterocycles. The van der Waals surface area contributed by atoms with Gasteiger partial charge in [0.1, 0.15) is 0 Å². The molecule has 1 saturated carbocycles. The molecule has 2 nitrogen and oxygen atoms in total. The summed E-state index contributed by atoms with van der Waals surface area (Å²) in [6, 6.07) is 1.82. The number of thiophene rings is 1. The maximum atomic E-state index is 10.9. The lowest BCUT2D eigenvalue weighted by Gasteiger charge is -2.07. The predicted molar refractivity (Wildman–Crippen MR) is 52.3 cm³/mol. The summed E-state index contributed by atoms with van der Waals surface area (Å²) in [5, 5.41) is 11.6. The molecular formula is C9H9ClO2S. The number of rotatable bonds is 3. The van der Waals surface area contributed by atoms with Gasteiger partial charge in [-0.3, -0.25) is 4.79 Å². The average molecular weight is 217 g/mol. The van der Waals surface area contributed by atoms with Crippen LogP contribution in [0.25, 0.3) is 0 Å². The summed E-state index contributed by atoms with van der Waals surface area (Å²) in [5.74, 6) is -0.683. The fraction of sp³-hybridized carbons (Fsp3) is 0.444. The molecule has 0 atom stereocenters. The topological polar surface area (TPSA) is 37.3 Å². The Balaban J connectivity index is 2.15. The Kier molecular flexibility index (Phi) is 2.08. The third-order valence-electron chi connectivity index (χ3n) is 2.50. The van der Waals surface area contributed by atoms with Crippen LogP contribution in [0.4, 0.5) is 0 Å². The third kappa shape index (κ3) is 1.58. The molecule has 0 unspecified atom stereocenters. The van der Waals surface area contributed by atoms with E-state index < -0.39 is 11.4 Å². The van der Waals surface area contributed by atoms with Gasteiger partial charge < -0.3 is 5.11 Å². The lowest BCUT2D eigenvalue weighted by atomic mass is 10.0. The maximum absolute atomic E-state index is 10.9. The Labute approximate surface area is 85.1 Å². The van der Waals surface area contributed by atoms with Gasteiger partial charge in [-0.2, -0.15) is 0 Å². The first-order valence-corrected chi connectivity index (χ1v) is 5.35. The van der Waals surface area contributed by atoms with Crippen LogP contribution in [0.2, 0.25) is 5.02 Å². The fourth-order valence-corrected chi connectivity index (χ4v) is 2.62. The SMILES string of the molecule is O=C(O)C1(Cc2sccc2Cl)CC1. The minimum atomic E-state index is -0.683. The summed E-state index contributed by atoms with van der Waals surface area (Å²) in [6.07, 6.45) is 2.17. The molecule has 1 N–H and O–H groups in total. The van der Waals surface area contributed by atoms with Crippen LogP contribution >= 0.6 is 22.9 Å². The van der Waals surface area contributed by atoms with Crippen LogP contribution in [0.15, 0.2) is 11.4 Å². The Hall–Kier alpha value is -0.540. The average Bonchev–Trinajstić information content (AvgIpc) is 2.74. The normalized spacial score (nSPS) is 18.5. The predicted octanol–water partition coefficient (Wildman–Crippen LogP) is 2.81. The van der Waals surface area contributed by atoms with E-state index in [1.54, 1.807) is 0 Å². The van der Waals surface area contributed by atoms with Gasteiger partial charge >= 0.3 is 5.97 Å². The van der Waals surface area contributed by atoms with Crippen molar-refractivity contribution in [3.8, 4) is 0 Å². The summed E-state index contributed by atoms with van der Waals surface area (Å²) in [4.78, 5) is 11.9. The van der Waals surface area contributed by atoms with Crippen molar-refractivity contribution in [3.63, 3.8) is 0 Å². The number of hydrogen-bond donors (Lipinski definition) is 1. The highest BCUT2D eigenvalue weighted by atomic mass is 35.5. The number of hydrogen-bond acceptors (Lipinski definition) is 2. The molecule has 13 heavy (non-hydrogen) atoms. The van der Waals surface area contributed by atoms with Gasteiger partial charge in [-0.1, -0.05) is 11.6 Å². The molecule has 1 heterocycles.